The van der Waals surface area contributed by atoms with Crippen molar-refractivity contribution in [3.05, 3.63) is 0 Å². The predicted octanol–water partition coefficient (Wildman–Crippen LogP) is 0.579. The van der Waals surface area contributed by atoms with Crippen LogP contribution in [0.2, 0.25) is 0 Å². The molecule has 1 aliphatic heterocycles. The fourth-order valence-corrected chi connectivity index (χ4v) is 4.52. The molecule has 1 rings (SSSR count). The van der Waals surface area contributed by atoms with Gasteiger partial charge in [0.15, 0.2) is 11.7 Å². The van der Waals surface area contributed by atoms with Crippen LogP contribution in [-0.4, -0.2) is 78.7 Å². The largest absolute Gasteiger partial charge is 0.469 e. The van der Waals surface area contributed by atoms with Gasteiger partial charge >= 0.3 is 5.97 Å². The Hall–Kier alpha value is -3.18. The SMILES string of the molecule is CCCC(CCC)C(=O)NC(CC(=O)OC)C(=O)N1CCCC1C(=O)NC(CCCNC(=N)N)C(C)=O. The molecule has 3 atom stereocenters. The van der Waals surface area contributed by atoms with Gasteiger partial charge in [0.2, 0.25) is 17.7 Å². The summed E-state index contributed by atoms with van der Waals surface area (Å²) in [6.45, 7) is 6.02. The van der Waals surface area contributed by atoms with Crippen LogP contribution in [0, 0.1) is 11.3 Å². The molecule has 0 bridgehead atoms. The van der Waals surface area contributed by atoms with Crippen LogP contribution in [0.1, 0.15) is 78.6 Å². The normalized spacial score (nSPS) is 16.6. The van der Waals surface area contributed by atoms with E-state index in [0.29, 0.717) is 51.6 Å². The topological polar surface area (TPSA) is 184 Å². The van der Waals surface area contributed by atoms with E-state index in [-0.39, 0.29) is 30.0 Å². The highest BCUT2D eigenvalue weighted by molar-refractivity contribution is 5.96. The first-order valence-corrected chi connectivity index (χ1v) is 13.1. The van der Waals surface area contributed by atoms with Crippen molar-refractivity contribution < 1.29 is 28.7 Å². The quantitative estimate of drug-likeness (QED) is 0.0840. The van der Waals surface area contributed by atoms with E-state index in [1.165, 1.54) is 18.9 Å². The van der Waals surface area contributed by atoms with Gasteiger partial charge in [-0.1, -0.05) is 26.7 Å². The molecule has 12 heteroatoms. The van der Waals surface area contributed by atoms with Gasteiger partial charge in [0.1, 0.15) is 12.1 Å². The van der Waals surface area contributed by atoms with Crippen LogP contribution in [0.15, 0.2) is 0 Å². The molecule has 0 spiro atoms. The first-order valence-electron chi connectivity index (χ1n) is 13.1. The number of rotatable bonds is 16. The van der Waals surface area contributed by atoms with Gasteiger partial charge in [-0.05, 0) is 45.4 Å². The summed E-state index contributed by atoms with van der Waals surface area (Å²) in [5.74, 6) is -2.57. The lowest BCUT2D eigenvalue weighted by Crippen LogP contribution is -2.56. The Morgan fingerprint density at radius 1 is 1.05 bits per heavy atom. The van der Waals surface area contributed by atoms with Gasteiger partial charge in [0, 0.05) is 19.0 Å². The lowest BCUT2D eigenvalue weighted by molar-refractivity contribution is -0.147. The third kappa shape index (κ3) is 10.8. The standard InChI is InChI=1S/C25H44N6O6/c1-5-9-17(10-6-2)22(34)30-19(15-21(33)37-4)24(36)31-14-8-12-20(31)23(35)29-18(16(3)32)11-7-13-28-25(26)27/h17-20H,5-15H2,1-4H3,(H,29,35)(H,30,34)(H4,26,27,28). The highest BCUT2D eigenvalue weighted by Crippen LogP contribution is 2.21. The molecule has 37 heavy (non-hydrogen) atoms. The Balaban J connectivity index is 2.96. The number of hydrogen-bond donors (Lipinski definition) is 5. The molecule has 3 amide bonds. The number of guanidine groups is 1. The first kappa shape index (κ1) is 31.8. The number of ketones is 1. The maximum atomic E-state index is 13.5. The van der Waals surface area contributed by atoms with Crippen molar-refractivity contribution in [2.24, 2.45) is 11.7 Å². The van der Waals surface area contributed by atoms with Crippen LogP contribution < -0.4 is 21.7 Å². The summed E-state index contributed by atoms with van der Waals surface area (Å²) < 4.78 is 4.74. The number of likely N-dealkylation sites (tertiary alicyclic amines) is 1. The van der Waals surface area contributed by atoms with Crippen molar-refractivity contribution in [1.29, 1.82) is 5.41 Å². The summed E-state index contributed by atoms with van der Waals surface area (Å²) in [5, 5.41) is 15.3. The smallest absolute Gasteiger partial charge is 0.308 e. The third-order valence-electron chi connectivity index (χ3n) is 6.49. The molecular formula is C25H44N6O6. The number of methoxy groups -OCH3 is 1. The van der Waals surface area contributed by atoms with Gasteiger partial charge in [0.25, 0.3) is 0 Å². The highest BCUT2D eigenvalue weighted by atomic mass is 16.5. The van der Waals surface area contributed by atoms with E-state index < -0.39 is 35.9 Å². The fraction of sp³-hybridized carbons (Fsp3) is 0.760. The van der Waals surface area contributed by atoms with E-state index in [1.54, 1.807) is 0 Å². The van der Waals surface area contributed by atoms with Crippen LogP contribution in [0.25, 0.3) is 0 Å². The molecule has 0 aromatic heterocycles. The van der Waals surface area contributed by atoms with E-state index in [0.717, 1.165) is 12.8 Å². The summed E-state index contributed by atoms with van der Waals surface area (Å²) in [4.78, 5) is 65.1. The Morgan fingerprint density at radius 3 is 2.24 bits per heavy atom. The van der Waals surface area contributed by atoms with E-state index in [1.807, 2.05) is 13.8 Å². The van der Waals surface area contributed by atoms with Gasteiger partial charge < -0.3 is 31.3 Å². The molecule has 1 saturated heterocycles. The molecule has 0 aromatic rings. The third-order valence-corrected chi connectivity index (χ3v) is 6.49. The molecule has 0 radical (unpaired) electrons. The van der Waals surface area contributed by atoms with E-state index >= 15 is 0 Å². The zero-order valence-corrected chi connectivity index (χ0v) is 22.6. The first-order chi connectivity index (χ1) is 17.5. The van der Waals surface area contributed by atoms with E-state index in [2.05, 4.69) is 16.0 Å². The number of nitrogens with zero attached hydrogens (tertiary/aromatic N) is 1. The summed E-state index contributed by atoms with van der Waals surface area (Å²) in [6.07, 6.45) is 4.44. The molecular weight excluding hydrogens is 480 g/mol. The lowest BCUT2D eigenvalue weighted by atomic mass is 9.96. The molecule has 6 N–H and O–H groups in total. The van der Waals surface area contributed by atoms with Crippen molar-refractivity contribution >= 4 is 35.4 Å². The van der Waals surface area contributed by atoms with Crippen LogP contribution >= 0.6 is 0 Å². The summed E-state index contributed by atoms with van der Waals surface area (Å²) >= 11 is 0. The van der Waals surface area contributed by atoms with Gasteiger partial charge in [0.05, 0.1) is 19.6 Å². The second kappa shape index (κ2) is 16.5. The minimum Gasteiger partial charge on any atom is -0.469 e. The van der Waals surface area contributed by atoms with Crippen molar-refractivity contribution in [2.45, 2.75) is 96.7 Å². The molecule has 1 heterocycles. The van der Waals surface area contributed by atoms with Crippen LogP contribution in [0.5, 0.6) is 0 Å². The van der Waals surface area contributed by atoms with Crippen LogP contribution in [0.4, 0.5) is 0 Å². The average Bonchev–Trinajstić information content (AvgIpc) is 3.34. The van der Waals surface area contributed by atoms with Gasteiger partial charge in [-0.2, -0.15) is 0 Å². The molecule has 0 saturated carbocycles. The number of amides is 3. The zero-order valence-electron chi connectivity index (χ0n) is 22.6. The number of esters is 1. The van der Waals surface area contributed by atoms with Crippen LogP contribution in [0.3, 0.4) is 0 Å². The second-order valence-electron chi connectivity index (χ2n) is 9.46. The van der Waals surface area contributed by atoms with Gasteiger partial charge in [-0.25, -0.2) is 0 Å². The highest BCUT2D eigenvalue weighted by Gasteiger charge is 2.39. The summed E-state index contributed by atoms with van der Waals surface area (Å²) in [5.41, 5.74) is 5.26. The van der Waals surface area contributed by atoms with E-state index in [9.17, 15) is 24.0 Å². The molecule has 3 unspecified atom stereocenters. The lowest BCUT2D eigenvalue weighted by Gasteiger charge is -2.30. The number of carbonyl (C=O) groups is 5. The maximum absolute atomic E-state index is 13.5. The number of carbonyl (C=O) groups excluding carboxylic acids is 5. The van der Waals surface area contributed by atoms with Crippen molar-refractivity contribution in [2.75, 3.05) is 20.2 Å². The Morgan fingerprint density at radius 2 is 1.70 bits per heavy atom. The minimum absolute atomic E-state index is 0.173. The molecule has 1 fully saturated rings. The Labute approximate surface area is 219 Å². The Kier molecular flexibility index (Phi) is 14.2. The summed E-state index contributed by atoms with van der Waals surface area (Å²) in [7, 11) is 1.21. The van der Waals surface area contributed by atoms with Crippen molar-refractivity contribution in [3.8, 4) is 0 Å². The molecule has 210 valence electrons. The average molecular weight is 525 g/mol. The second-order valence-corrected chi connectivity index (χ2v) is 9.46. The monoisotopic (exact) mass is 524 g/mol. The maximum Gasteiger partial charge on any atom is 0.308 e. The van der Waals surface area contributed by atoms with Crippen molar-refractivity contribution in [3.63, 3.8) is 0 Å². The number of nitrogens with one attached hydrogen (secondary N) is 4. The van der Waals surface area contributed by atoms with Gasteiger partial charge in [-0.15, -0.1) is 0 Å². The van der Waals surface area contributed by atoms with Crippen LogP contribution in [-0.2, 0) is 28.7 Å². The number of nitrogens with two attached hydrogens (primary N) is 1. The number of hydrogen-bond acceptors (Lipinski definition) is 7. The number of Topliss-reactive ketones (excluding diaryl/α,β-unsaturated/α-hetero) is 1. The van der Waals surface area contributed by atoms with Gasteiger partial charge in [-0.3, -0.25) is 29.4 Å². The summed E-state index contributed by atoms with van der Waals surface area (Å²) in [6, 6.07) is -2.71. The predicted molar refractivity (Wildman–Crippen MR) is 138 cm³/mol. The molecule has 12 nitrogen and oxygen atoms in total. The molecule has 0 aromatic carbocycles. The fourth-order valence-electron chi connectivity index (χ4n) is 4.52. The Bertz CT molecular complexity index is 813. The zero-order chi connectivity index (χ0) is 28.0. The minimum atomic E-state index is -1.15. The molecule has 0 aliphatic carbocycles. The number of ether oxygens (including phenoxy) is 1. The molecule has 1 aliphatic rings. The van der Waals surface area contributed by atoms with E-state index in [4.69, 9.17) is 15.9 Å². The van der Waals surface area contributed by atoms with Crippen molar-refractivity contribution in [1.82, 2.24) is 20.9 Å².